The van der Waals surface area contributed by atoms with Crippen LogP contribution in [0.5, 0.6) is 0 Å². The average Bonchev–Trinajstić information content (AvgIpc) is 2.57. The molecule has 5 nitrogen and oxygen atoms in total. The maximum atomic E-state index is 12.9. The molecule has 0 aromatic carbocycles. The Kier molecular flexibility index (Phi) is 5.48. The Balaban J connectivity index is 2.08. The molecular formula is C17H30N2O3. The van der Waals surface area contributed by atoms with Crippen molar-refractivity contribution in [1.29, 1.82) is 0 Å². The van der Waals surface area contributed by atoms with Gasteiger partial charge in [0.2, 0.25) is 11.8 Å². The van der Waals surface area contributed by atoms with Crippen LogP contribution in [0.15, 0.2) is 0 Å². The molecule has 0 bridgehead atoms. The maximum absolute atomic E-state index is 12.9. The normalized spacial score (nSPS) is 26.2. The lowest BCUT2D eigenvalue weighted by Crippen LogP contribution is -2.47. The van der Waals surface area contributed by atoms with Crippen LogP contribution in [-0.4, -0.2) is 59.0 Å². The van der Waals surface area contributed by atoms with E-state index in [0.717, 1.165) is 25.7 Å². The molecule has 5 heteroatoms. The molecule has 22 heavy (non-hydrogen) atoms. The third-order valence-electron chi connectivity index (χ3n) is 4.89. The Morgan fingerprint density at radius 3 is 2.50 bits per heavy atom. The number of aliphatic hydroxyl groups is 1. The van der Waals surface area contributed by atoms with Gasteiger partial charge in [-0.2, -0.15) is 0 Å². The van der Waals surface area contributed by atoms with E-state index in [4.69, 9.17) is 0 Å². The van der Waals surface area contributed by atoms with Gasteiger partial charge in [0.25, 0.3) is 0 Å². The Labute approximate surface area is 133 Å². The highest BCUT2D eigenvalue weighted by atomic mass is 16.3. The molecule has 2 rings (SSSR count). The second-order valence-corrected chi connectivity index (χ2v) is 7.65. The lowest BCUT2D eigenvalue weighted by molar-refractivity contribution is -0.147. The average molecular weight is 310 g/mol. The van der Waals surface area contributed by atoms with Gasteiger partial charge in [-0.1, -0.05) is 40.0 Å². The van der Waals surface area contributed by atoms with Crippen LogP contribution in [0, 0.1) is 11.3 Å². The van der Waals surface area contributed by atoms with Crippen molar-refractivity contribution in [3.63, 3.8) is 0 Å². The minimum atomic E-state index is -0.652. The third kappa shape index (κ3) is 4.00. The zero-order chi connectivity index (χ0) is 16.3. The summed E-state index contributed by atoms with van der Waals surface area (Å²) in [6.45, 7) is 7.47. The minimum Gasteiger partial charge on any atom is -0.389 e. The van der Waals surface area contributed by atoms with Gasteiger partial charge in [-0.3, -0.25) is 9.59 Å². The smallest absolute Gasteiger partial charge is 0.242 e. The van der Waals surface area contributed by atoms with Crippen molar-refractivity contribution in [2.24, 2.45) is 11.3 Å². The summed E-state index contributed by atoms with van der Waals surface area (Å²) in [7, 11) is 0. The zero-order valence-electron chi connectivity index (χ0n) is 14.2. The van der Waals surface area contributed by atoms with Gasteiger partial charge >= 0.3 is 0 Å². The topological polar surface area (TPSA) is 60.9 Å². The first-order valence-corrected chi connectivity index (χ1v) is 8.57. The number of rotatable bonds is 3. The summed E-state index contributed by atoms with van der Waals surface area (Å²) < 4.78 is 0. The zero-order valence-corrected chi connectivity index (χ0v) is 14.2. The lowest BCUT2D eigenvalue weighted by atomic mass is 9.74. The molecule has 0 aromatic rings. The highest BCUT2D eigenvalue weighted by Crippen LogP contribution is 2.37. The summed E-state index contributed by atoms with van der Waals surface area (Å²) in [5.41, 5.74) is -0.356. The third-order valence-corrected chi connectivity index (χ3v) is 4.89. The molecular weight excluding hydrogens is 280 g/mol. The quantitative estimate of drug-likeness (QED) is 0.862. The van der Waals surface area contributed by atoms with Gasteiger partial charge in [-0.15, -0.1) is 0 Å². The molecule has 0 spiro atoms. The van der Waals surface area contributed by atoms with Crippen LogP contribution in [0.4, 0.5) is 0 Å². The van der Waals surface area contributed by atoms with E-state index in [1.807, 2.05) is 6.92 Å². The first kappa shape index (κ1) is 17.3. The van der Waals surface area contributed by atoms with Crippen LogP contribution in [0.3, 0.4) is 0 Å². The van der Waals surface area contributed by atoms with Gasteiger partial charge in [0, 0.05) is 25.0 Å². The van der Waals surface area contributed by atoms with Gasteiger partial charge < -0.3 is 14.9 Å². The number of nitrogens with zero attached hydrogens (tertiary/aromatic N) is 2. The molecule has 1 N–H and O–H groups in total. The summed E-state index contributed by atoms with van der Waals surface area (Å²) in [6.07, 6.45) is 4.47. The molecule has 1 aliphatic carbocycles. The minimum absolute atomic E-state index is 0.0435. The van der Waals surface area contributed by atoms with Crippen molar-refractivity contribution in [2.45, 2.75) is 59.0 Å². The predicted octanol–water partition coefficient (Wildman–Crippen LogP) is 1.64. The summed E-state index contributed by atoms with van der Waals surface area (Å²) in [5, 5.41) is 10.2. The monoisotopic (exact) mass is 310 g/mol. The van der Waals surface area contributed by atoms with Crippen LogP contribution >= 0.6 is 0 Å². The number of β-amino-alcohol motifs (C(OH)–C–C–N with tert-alkyl or cyclic N) is 1. The van der Waals surface area contributed by atoms with Gasteiger partial charge in [0.05, 0.1) is 12.6 Å². The molecule has 1 unspecified atom stereocenters. The van der Waals surface area contributed by atoms with E-state index in [-0.39, 0.29) is 30.3 Å². The van der Waals surface area contributed by atoms with Gasteiger partial charge in [-0.25, -0.2) is 0 Å². The van der Waals surface area contributed by atoms with Crippen molar-refractivity contribution < 1.29 is 14.7 Å². The SMILES string of the molecule is CC(C)CN1CC(O)CN(C(=O)C2(C)CCCCC2)CC1=O. The first-order chi connectivity index (χ1) is 10.3. The van der Waals surface area contributed by atoms with Gasteiger partial charge in [0.15, 0.2) is 0 Å². The van der Waals surface area contributed by atoms with Crippen molar-refractivity contribution in [3.05, 3.63) is 0 Å². The predicted molar refractivity (Wildman–Crippen MR) is 85.2 cm³/mol. The van der Waals surface area contributed by atoms with E-state index >= 15 is 0 Å². The Bertz CT molecular complexity index is 416. The van der Waals surface area contributed by atoms with Gasteiger partial charge in [-0.05, 0) is 18.8 Å². The fraction of sp³-hybridized carbons (Fsp3) is 0.882. The van der Waals surface area contributed by atoms with Crippen LogP contribution in [0.1, 0.15) is 52.9 Å². The highest BCUT2D eigenvalue weighted by Gasteiger charge is 2.40. The van der Waals surface area contributed by atoms with Crippen LogP contribution in [0.2, 0.25) is 0 Å². The van der Waals surface area contributed by atoms with E-state index in [1.165, 1.54) is 6.42 Å². The number of hydrogen-bond donors (Lipinski definition) is 1. The molecule has 1 atom stereocenters. The second-order valence-electron chi connectivity index (χ2n) is 7.65. The molecule has 1 saturated carbocycles. The highest BCUT2D eigenvalue weighted by molar-refractivity contribution is 5.88. The Morgan fingerprint density at radius 1 is 1.27 bits per heavy atom. The van der Waals surface area contributed by atoms with Gasteiger partial charge in [0.1, 0.15) is 0 Å². The number of amides is 2. The lowest BCUT2D eigenvalue weighted by Gasteiger charge is -2.36. The summed E-state index contributed by atoms with van der Waals surface area (Å²) in [4.78, 5) is 28.6. The van der Waals surface area contributed by atoms with E-state index in [1.54, 1.807) is 9.80 Å². The van der Waals surface area contributed by atoms with Crippen LogP contribution < -0.4 is 0 Å². The first-order valence-electron chi connectivity index (χ1n) is 8.57. The molecule has 1 aliphatic heterocycles. The number of aliphatic hydroxyl groups excluding tert-OH is 1. The fourth-order valence-corrected chi connectivity index (χ4v) is 3.70. The molecule has 1 saturated heterocycles. The van der Waals surface area contributed by atoms with Crippen molar-refractivity contribution in [2.75, 3.05) is 26.2 Å². The second kappa shape index (κ2) is 6.99. The molecule has 2 amide bonds. The van der Waals surface area contributed by atoms with Crippen molar-refractivity contribution >= 4 is 11.8 Å². The Morgan fingerprint density at radius 2 is 1.91 bits per heavy atom. The number of carbonyl (C=O) groups is 2. The van der Waals surface area contributed by atoms with E-state index in [0.29, 0.717) is 19.0 Å². The Hall–Kier alpha value is -1.10. The van der Waals surface area contributed by atoms with E-state index in [9.17, 15) is 14.7 Å². The largest absolute Gasteiger partial charge is 0.389 e. The molecule has 1 heterocycles. The fourth-order valence-electron chi connectivity index (χ4n) is 3.70. The van der Waals surface area contributed by atoms with E-state index in [2.05, 4.69) is 13.8 Å². The standard InChI is InChI=1S/C17H30N2O3/c1-13(2)9-18-10-14(20)11-19(12-15(18)21)16(22)17(3)7-5-4-6-8-17/h13-14,20H,4-12H2,1-3H3. The van der Waals surface area contributed by atoms with Crippen molar-refractivity contribution in [3.8, 4) is 0 Å². The molecule has 2 fully saturated rings. The molecule has 0 radical (unpaired) electrons. The number of hydrogen-bond acceptors (Lipinski definition) is 3. The van der Waals surface area contributed by atoms with Crippen molar-refractivity contribution in [1.82, 2.24) is 9.80 Å². The van der Waals surface area contributed by atoms with Crippen LogP contribution in [-0.2, 0) is 9.59 Å². The molecule has 0 aromatic heterocycles. The molecule has 126 valence electrons. The molecule has 2 aliphatic rings. The van der Waals surface area contributed by atoms with Crippen LogP contribution in [0.25, 0.3) is 0 Å². The van der Waals surface area contributed by atoms with E-state index < -0.39 is 6.10 Å². The summed E-state index contributed by atoms with van der Waals surface area (Å²) in [5.74, 6) is 0.360. The summed E-state index contributed by atoms with van der Waals surface area (Å²) in [6, 6.07) is 0. The summed E-state index contributed by atoms with van der Waals surface area (Å²) >= 11 is 0. The maximum Gasteiger partial charge on any atom is 0.242 e. The number of carbonyl (C=O) groups excluding carboxylic acids is 2.